The first-order valence-electron chi connectivity index (χ1n) is 7.12. The molecule has 0 saturated carbocycles. The fourth-order valence-corrected chi connectivity index (χ4v) is 4.52. The van der Waals surface area contributed by atoms with E-state index in [4.69, 9.17) is 0 Å². The molecule has 1 aromatic rings. The maximum Gasteiger partial charge on any atom is 0.317 e. The Balaban J connectivity index is 1.87. The molecule has 2 amide bonds. The molecule has 21 heavy (non-hydrogen) atoms. The van der Waals surface area contributed by atoms with Crippen molar-refractivity contribution in [1.29, 1.82) is 0 Å². The molecule has 1 aromatic heterocycles. The van der Waals surface area contributed by atoms with Crippen LogP contribution in [-0.2, 0) is 16.4 Å². The van der Waals surface area contributed by atoms with Gasteiger partial charge in [-0.1, -0.05) is 0 Å². The first-order chi connectivity index (χ1) is 9.88. The Labute approximate surface area is 130 Å². The smallest absolute Gasteiger partial charge is 0.317 e. The standard InChI is InChI=1S/C14H22N2O3S2/c1-11-6-9-20-13(11)10-15-14(17)16-7-3-4-12(5-8-16)21(2,18)19/h6,9,12H,3-5,7-8,10H2,1-2H3,(H,15,17). The highest BCUT2D eigenvalue weighted by Gasteiger charge is 2.26. The van der Waals surface area contributed by atoms with Crippen LogP contribution in [0, 0.1) is 6.92 Å². The zero-order valence-corrected chi connectivity index (χ0v) is 14.1. The minimum atomic E-state index is -3.01. The summed E-state index contributed by atoms with van der Waals surface area (Å²) in [5.74, 6) is 0. The largest absolute Gasteiger partial charge is 0.333 e. The van der Waals surface area contributed by atoms with Gasteiger partial charge in [0.25, 0.3) is 0 Å². The minimum Gasteiger partial charge on any atom is -0.333 e. The summed E-state index contributed by atoms with van der Waals surface area (Å²) in [6.45, 7) is 3.70. The average Bonchev–Trinajstić information content (AvgIpc) is 2.66. The Hall–Kier alpha value is -1.08. The van der Waals surface area contributed by atoms with Gasteiger partial charge in [0.2, 0.25) is 0 Å². The molecule has 5 nitrogen and oxygen atoms in total. The number of amides is 2. The number of sulfone groups is 1. The number of aryl methyl sites for hydroxylation is 1. The van der Waals surface area contributed by atoms with Crippen molar-refractivity contribution >= 4 is 27.2 Å². The van der Waals surface area contributed by atoms with Gasteiger partial charge in [-0.05, 0) is 43.2 Å². The van der Waals surface area contributed by atoms with Gasteiger partial charge in [-0.15, -0.1) is 11.3 Å². The van der Waals surface area contributed by atoms with E-state index < -0.39 is 9.84 Å². The molecule has 0 aliphatic carbocycles. The Morgan fingerprint density at radius 2 is 2.19 bits per heavy atom. The van der Waals surface area contributed by atoms with Gasteiger partial charge in [0.1, 0.15) is 9.84 Å². The Bertz CT molecular complexity index is 595. The Kier molecular flexibility index (Phi) is 5.27. The quantitative estimate of drug-likeness (QED) is 0.923. The SMILES string of the molecule is Cc1ccsc1CNC(=O)N1CCCC(S(C)(=O)=O)CC1. The van der Waals surface area contributed by atoms with E-state index >= 15 is 0 Å². The number of nitrogens with zero attached hydrogens (tertiary/aromatic N) is 1. The fourth-order valence-electron chi connectivity index (χ4n) is 2.55. The maximum absolute atomic E-state index is 12.2. The lowest BCUT2D eigenvalue weighted by molar-refractivity contribution is 0.199. The van der Waals surface area contributed by atoms with E-state index in [9.17, 15) is 13.2 Å². The van der Waals surface area contributed by atoms with E-state index in [-0.39, 0.29) is 11.3 Å². The zero-order chi connectivity index (χ0) is 15.5. The topological polar surface area (TPSA) is 66.5 Å². The molecule has 2 rings (SSSR count). The number of thiophene rings is 1. The van der Waals surface area contributed by atoms with Gasteiger partial charge >= 0.3 is 6.03 Å². The summed E-state index contributed by atoms with van der Waals surface area (Å²) in [5.41, 5.74) is 1.19. The van der Waals surface area contributed by atoms with Gasteiger partial charge in [-0.3, -0.25) is 0 Å². The van der Waals surface area contributed by atoms with E-state index in [0.717, 1.165) is 11.3 Å². The molecule has 0 bridgehead atoms. The summed E-state index contributed by atoms with van der Waals surface area (Å²) in [5, 5.41) is 4.63. The van der Waals surface area contributed by atoms with Gasteiger partial charge in [0, 0.05) is 24.2 Å². The molecule has 7 heteroatoms. The lowest BCUT2D eigenvalue weighted by Crippen LogP contribution is -2.40. The van der Waals surface area contributed by atoms with Crippen LogP contribution >= 0.6 is 11.3 Å². The highest BCUT2D eigenvalue weighted by molar-refractivity contribution is 7.91. The normalized spacial score (nSPS) is 20.1. The van der Waals surface area contributed by atoms with Crippen molar-refractivity contribution in [2.45, 2.75) is 38.0 Å². The monoisotopic (exact) mass is 330 g/mol. The van der Waals surface area contributed by atoms with Gasteiger partial charge in [-0.25, -0.2) is 13.2 Å². The Morgan fingerprint density at radius 3 is 2.81 bits per heavy atom. The summed E-state index contributed by atoms with van der Waals surface area (Å²) in [6.07, 6.45) is 3.20. The van der Waals surface area contributed by atoms with Crippen molar-refractivity contribution in [3.63, 3.8) is 0 Å². The highest BCUT2D eigenvalue weighted by Crippen LogP contribution is 2.18. The molecule has 1 saturated heterocycles. The molecule has 1 aliphatic rings. The number of hydrogen-bond donors (Lipinski definition) is 1. The Morgan fingerprint density at radius 1 is 1.43 bits per heavy atom. The van der Waals surface area contributed by atoms with Crippen LogP contribution in [0.5, 0.6) is 0 Å². The van der Waals surface area contributed by atoms with Crippen molar-refractivity contribution in [2.24, 2.45) is 0 Å². The molecule has 1 aliphatic heterocycles. The lowest BCUT2D eigenvalue weighted by Gasteiger charge is -2.21. The second-order valence-corrected chi connectivity index (χ2v) is 8.88. The summed E-state index contributed by atoms with van der Waals surface area (Å²) in [4.78, 5) is 15.1. The second-order valence-electron chi connectivity index (χ2n) is 5.55. The predicted octanol–water partition coefficient (Wildman–Crippen LogP) is 2.17. The number of rotatable bonds is 3. The number of urea groups is 1. The summed E-state index contributed by atoms with van der Waals surface area (Å²) >= 11 is 1.63. The van der Waals surface area contributed by atoms with Gasteiger partial charge in [0.05, 0.1) is 11.8 Å². The number of likely N-dealkylation sites (tertiary alicyclic amines) is 1. The third kappa shape index (κ3) is 4.44. The molecule has 0 radical (unpaired) electrons. The van der Waals surface area contributed by atoms with Crippen molar-refractivity contribution in [2.75, 3.05) is 19.3 Å². The number of carbonyl (C=O) groups is 1. The van der Waals surface area contributed by atoms with Crippen LogP contribution in [0.4, 0.5) is 4.79 Å². The lowest BCUT2D eigenvalue weighted by atomic mass is 10.2. The van der Waals surface area contributed by atoms with E-state index in [1.54, 1.807) is 16.2 Å². The average molecular weight is 330 g/mol. The summed E-state index contributed by atoms with van der Waals surface area (Å²) in [7, 11) is -3.01. The number of nitrogens with one attached hydrogen (secondary N) is 1. The fraction of sp³-hybridized carbons (Fsp3) is 0.643. The molecule has 1 N–H and O–H groups in total. The first-order valence-corrected chi connectivity index (χ1v) is 9.96. The van der Waals surface area contributed by atoms with Crippen LogP contribution in [0.2, 0.25) is 0 Å². The highest BCUT2D eigenvalue weighted by atomic mass is 32.2. The zero-order valence-electron chi connectivity index (χ0n) is 12.5. The molecular weight excluding hydrogens is 308 g/mol. The molecule has 1 unspecified atom stereocenters. The van der Waals surface area contributed by atoms with Crippen LogP contribution < -0.4 is 5.32 Å². The van der Waals surface area contributed by atoms with Crippen molar-refractivity contribution in [3.05, 3.63) is 21.9 Å². The second kappa shape index (κ2) is 6.79. The third-order valence-electron chi connectivity index (χ3n) is 3.94. The number of carbonyl (C=O) groups excluding carboxylic acids is 1. The predicted molar refractivity (Wildman–Crippen MR) is 85.3 cm³/mol. The maximum atomic E-state index is 12.2. The molecular formula is C14H22N2O3S2. The van der Waals surface area contributed by atoms with Crippen LogP contribution in [0.15, 0.2) is 11.4 Å². The summed E-state index contributed by atoms with van der Waals surface area (Å²) < 4.78 is 23.2. The first kappa shape index (κ1) is 16.3. The van der Waals surface area contributed by atoms with Crippen LogP contribution in [0.25, 0.3) is 0 Å². The minimum absolute atomic E-state index is 0.100. The van der Waals surface area contributed by atoms with E-state index in [0.29, 0.717) is 32.5 Å². The van der Waals surface area contributed by atoms with Gasteiger partial charge < -0.3 is 10.2 Å². The van der Waals surface area contributed by atoms with Crippen molar-refractivity contribution < 1.29 is 13.2 Å². The molecule has 0 spiro atoms. The van der Waals surface area contributed by atoms with Gasteiger partial charge in [-0.2, -0.15) is 0 Å². The molecule has 118 valence electrons. The van der Waals surface area contributed by atoms with Crippen molar-refractivity contribution in [3.8, 4) is 0 Å². The third-order valence-corrected chi connectivity index (χ3v) is 6.64. The van der Waals surface area contributed by atoms with Crippen LogP contribution in [0.3, 0.4) is 0 Å². The summed E-state index contributed by atoms with van der Waals surface area (Å²) in [6, 6.07) is 1.94. The van der Waals surface area contributed by atoms with E-state index in [1.807, 2.05) is 18.4 Å². The molecule has 1 atom stereocenters. The van der Waals surface area contributed by atoms with Crippen LogP contribution in [0.1, 0.15) is 29.7 Å². The molecule has 2 heterocycles. The molecule has 0 aromatic carbocycles. The molecule has 1 fully saturated rings. The van der Waals surface area contributed by atoms with Gasteiger partial charge in [0.15, 0.2) is 0 Å². The van der Waals surface area contributed by atoms with E-state index in [2.05, 4.69) is 5.32 Å². The van der Waals surface area contributed by atoms with E-state index in [1.165, 1.54) is 11.8 Å². The van der Waals surface area contributed by atoms with Crippen molar-refractivity contribution in [1.82, 2.24) is 10.2 Å². The van der Waals surface area contributed by atoms with Crippen LogP contribution in [-0.4, -0.2) is 43.9 Å². The number of hydrogen-bond acceptors (Lipinski definition) is 4.